The highest BCUT2D eigenvalue weighted by Crippen LogP contribution is 2.08. The van der Waals surface area contributed by atoms with Crippen molar-refractivity contribution in [3.8, 4) is 0 Å². The highest BCUT2D eigenvalue weighted by molar-refractivity contribution is 5.71. The van der Waals surface area contributed by atoms with E-state index in [0.29, 0.717) is 5.56 Å². The number of nitrogens with zero attached hydrogens (tertiary/aromatic N) is 1. The fraction of sp³-hybridized carbons (Fsp3) is 0.222. The number of primary amides is 1. The van der Waals surface area contributed by atoms with Crippen LogP contribution in [-0.2, 0) is 6.54 Å². The van der Waals surface area contributed by atoms with E-state index < -0.39 is 6.03 Å². The van der Waals surface area contributed by atoms with E-state index in [9.17, 15) is 9.18 Å². The zero-order valence-corrected chi connectivity index (χ0v) is 7.33. The third-order valence-electron chi connectivity index (χ3n) is 1.74. The summed E-state index contributed by atoms with van der Waals surface area (Å²) < 4.78 is 13.0. The van der Waals surface area contributed by atoms with E-state index >= 15 is 0 Å². The molecule has 2 amide bonds. The van der Waals surface area contributed by atoms with Crippen LogP contribution in [0.1, 0.15) is 5.56 Å². The number of carbonyl (C=O) groups is 1. The lowest BCUT2D eigenvalue weighted by molar-refractivity contribution is 0.216. The summed E-state index contributed by atoms with van der Waals surface area (Å²) in [5.74, 6) is -0.324. The molecule has 70 valence electrons. The fourth-order valence-electron chi connectivity index (χ4n) is 0.960. The molecule has 0 aliphatic heterocycles. The number of hydrogen-bond donors (Lipinski definition) is 1. The van der Waals surface area contributed by atoms with Crippen LogP contribution >= 0.6 is 0 Å². The average Bonchev–Trinajstić information content (AvgIpc) is 2.08. The van der Waals surface area contributed by atoms with Crippen LogP contribution in [0.2, 0.25) is 0 Å². The van der Waals surface area contributed by atoms with Gasteiger partial charge in [0, 0.05) is 19.2 Å². The van der Waals surface area contributed by atoms with E-state index in [1.165, 1.54) is 18.0 Å². The monoisotopic (exact) mass is 182 g/mol. The van der Waals surface area contributed by atoms with Crippen LogP contribution in [0.3, 0.4) is 0 Å². The first kappa shape index (κ1) is 9.51. The molecule has 1 aromatic carbocycles. The van der Waals surface area contributed by atoms with Gasteiger partial charge in [0.1, 0.15) is 5.82 Å². The Hall–Kier alpha value is -1.58. The van der Waals surface area contributed by atoms with E-state index in [1.54, 1.807) is 18.2 Å². The summed E-state index contributed by atoms with van der Waals surface area (Å²) in [5, 5.41) is 0. The molecule has 0 saturated carbocycles. The summed E-state index contributed by atoms with van der Waals surface area (Å²) in [6.45, 7) is 0.196. The molecule has 1 rings (SSSR count). The van der Waals surface area contributed by atoms with Gasteiger partial charge in [-0.1, -0.05) is 18.2 Å². The quantitative estimate of drug-likeness (QED) is 0.737. The van der Waals surface area contributed by atoms with Crippen molar-refractivity contribution in [3.05, 3.63) is 35.6 Å². The van der Waals surface area contributed by atoms with E-state index in [2.05, 4.69) is 0 Å². The minimum absolute atomic E-state index is 0.196. The van der Waals surface area contributed by atoms with Crippen LogP contribution in [-0.4, -0.2) is 18.0 Å². The van der Waals surface area contributed by atoms with Crippen molar-refractivity contribution in [2.24, 2.45) is 5.73 Å². The van der Waals surface area contributed by atoms with Crippen LogP contribution in [0.25, 0.3) is 0 Å². The molecule has 0 fully saturated rings. The number of halogens is 1. The molecule has 13 heavy (non-hydrogen) atoms. The second-order valence-electron chi connectivity index (χ2n) is 2.79. The number of benzene rings is 1. The number of hydrogen-bond acceptors (Lipinski definition) is 1. The van der Waals surface area contributed by atoms with Crippen LogP contribution in [0.15, 0.2) is 24.3 Å². The predicted molar refractivity (Wildman–Crippen MR) is 47.5 cm³/mol. The molecule has 3 nitrogen and oxygen atoms in total. The van der Waals surface area contributed by atoms with Gasteiger partial charge in [-0.05, 0) is 6.07 Å². The van der Waals surface area contributed by atoms with Gasteiger partial charge in [-0.15, -0.1) is 0 Å². The topological polar surface area (TPSA) is 46.3 Å². The molecular weight excluding hydrogens is 171 g/mol. The molecule has 0 atom stereocenters. The Kier molecular flexibility index (Phi) is 2.84. The van der Waals surface area contributed by atoms with Crippen molar-refractivity contribution >= 4 is 6.03 Å². The van der Waals surface area contributed by atoms with Gasteiger partial charge in [-0.3, -0.25) is 0 Å². The molecular formula is C9H11FN2O. The Morgan fingerprint density at radius 3 is 2.69 bits per heavy atom. The van der Waals surface area contributed by atoms with Gasteiger partial charge >= 0.3 is 6.03 Å². The second kappa shape index (κ2) is 3.89. The summed E-state index contributed by atoms with van der Waals surface area (Å²) in [6.07, 6.45) is 0. The van der Waals surface area contributed by atoms with Crippen LogP contribution in [0, 0.1) is 5.82 Å². The smallest absolute Gasteiger partial charge is 0.314 e. The lowest BCUT2D eigenvalue weighted by Gasteiger charge is -2.14. The van der Waals surface area contributed by atoms with Crippen LogP contribution in [0.5, 0.6) is 0 Å². The first-order valence-electron chi connectivity index (χ1n) is 3.85. The van der Waals surface area contributed by atoms with Gasteiger partial charge in [0.15, 0.2) is 0 Å². The van der Waals surface area contributed by atoms with Crippen molar-refractivity contribution in [1.29, 1.82) is 0 Å². The lowest BCUT2D eigenvalue weighted by atomic mass is 10.2. The summed E-state index contributed by atoms with van der Waals surface area (Å²) in [6, 6.07) is 5.72. The molecule has 0 unspecified atom stereocenters. The Morgan fingerprint density at radius 1 is 1.54 bits per heavy atom. The Labute approximate surface area is 76.0 Å². The maximum absolute atomic E-state index is 13.0. The van der Waals surface area contributed by atoms with E-state index in [0.717, 1.165) is 0 Å². The molecule has 2 N–H and O–H groups in total. The summed E-state index contributed by atoms with van der Waals surface area (Å²) in [7, 11) is 1.52. The van der Waals surface area contributed by atoms with Crippen LogP contribution in [0.4, 0.5) is 9.18 Å². The Bertz CT molecular complexity index is 314. The van der Waals surface area contributed by atoms with Crippen molar-refractivity contribution in [1.82, 2.24) is 4.90 Å². The number of nitrogens with two attached hydrogens (primary N) is 1. The van der Waals surface area contributed by atoms with E-state index in [4.69, 9.17) is 5.73 Å². The molecule has 0 bridgehead atoms. The number of amides is 2. The van der Waals surface area contributed by atoms with Crippen molar-refractivity contribution < 1.29 is 9.18 Å². The highest BCUT2D eigenvalue weighted by atomic mass is 19.1. The maximum Gasteiger partial charge on any atom is 0.314 e. The zero-order chi connectivity index (χ0) is 9.84. The molecule has 0 saturated heterocycles. The molecule has 0 aromatic heterocycles. The van der Waals surface area contributed by atoms with Crippen LogP contribution < -0.4 is 5.73 Å². The summed E-state index contributed by atoms with van der Waals surface area (Å²) >= 11 is 0. The summed E-state index contributed by atoms with van der Waals surface area (Å²) in [5.41, 5.74) is 5.46. The summed E-state index contributed by atoms with van der Waals surface area (Å²) in [4.78, 5) is 11.9. The minimum atomic E-state index is -0.566. The normalized spacial score (nSPS) is 9.69. The molecule has 1 aromatic rings. The van der Waals surface area contributed by atoms with Gasteiger partial charge in [-0.2, -0.15) is 0 Å². The molecule has 0 aliphatic carbocycles. The van der Waals surface area contributed by atoms with E-state index in [-0.39, 0.29) is 12.4 Å². The van der Waals surface area contributed by atoms with Crippen molar-refractivity contribution in [2.45, 2.75) is 6.54 Å². The fourth-order valence-corrected chi connectivity index (χ4v) is 0.960. The van der Waals surface area contributed by atoms with Crippen molar-refractivity contribution in [2.75, 3.05) is 7.05 Å². The standard InChI is InChI=1S/C9H11FN2O/c1-12(9(11)13)6-7-4-2-3-5-8(7)10/h2-5H,6H2,1H3,(H2,11,13). The van der Waals surface area contributed by atoms with Gasteiger partial charge in [-0.25, -0.2) is 9.18 Å². The van der Waals surface area contributed by atoms with Gasteiger partial charge in [0.25, 0.3) is 0 Å². The lowest BCUT2D eigenvalue weighted by Crippen LogP contribution is -2.31. The van der Waals surface area contributed by atoms with Gasteiger partial charge in [0.2, 0.25) is 0 Å². The SMILES string of the molecule is CN(Cc1ccccc1F)C(N)=O. The third kappa shape index (κ3) is 2.43. The first-order chi connectivity index (χ1) is 6.11. The molecule has 0 heterocycles. The molecule has 0 aliphatic rings. The molecule has 0 radical (unpaired) electrons. The number of urea groups is 1. The van der Waals surface area contributed by atoms with Gasteiger partial charge in [0.05, 0.1) is 0 Å². The first-order valence-corrected chi connectivity index (χ1v) is 3.85. The highest BCUT2D eigenvalue weighted by Gasteiger charge is 2.06. The second-order valence-corrected chi connectivity index (χ2v) is 2.79. The Morgan fingerprint density at radius 2 is 2.15 bits per heavy atom. The average molecular weight is 182 g/mol. The predicted octanol–water partition coefficient (Wildman–Crippen LogP) is 1.34. The maximum atomic E-state index is 13.0. The minimum Gasteiger partial charge on any atom is -0.351 e. The number of rotatable bonds is 2. The third-order valence-corrected chi connectivity index (χ3v) is 1.74. The molecule has 4 heteroatoms. The van der Waals surface area contributed by atoms with Crippen molar-refractivity contribution in [3.63, 3.8) is 0 Å². The number of carbonyl (C=O) groups excluding carboxylic acids is 1. The van der Waals surface area contributed by atoms with Gasteiger partial charge < -0.3 is 10.6 Å². The van der Waals surface area contributed by atoms with E-state index in [1.807, 2.05) is 0 Å². The zero-order valence-electron chi connectivity index (χ0n) is 7.33. The Balaban J connectivity index is 2.74. The molecule has 0 spiro atoms. The largest absolute Gasteiger partial charge is 0.351 e.